The molecule has 1 aromatic carbocycles. The van der Waals surface area contributed by atoms with E-state index in [1.165, 1.54) is 0 Å². The maximum atomic E-state index is 12.2. The fraction of sp³-hybridized carbons (Fsp3) is 0.600. The Kier molecular flexibility index (Phi) is 5.75. The molecule has 2 rings (SSSR count). The second-order valence-electron chi connectivity index (χ2n) is 5.83. The third-order valence-corrected chi connectivity index (χ3v) is 5.41. The summed E-state index contributed by atoms with van der Waals surface area (Å²) in [7, 11) is -1.20. The van der Waals surface area contributed by atoms with Gasteiger partial charge in [0, 0.05) is 13.1 Å². The average Bonchev–Trinajstić information content (AvgIpc) is 2.47. The smallest absolute Gasteiger partial charge is 0.215 e. The Hall–Kier alpha value is -0.950. The molecule has 6 heteroatoms. The molecule has 1 aliphatic heterocycles. The number of nitrogens with two attached hydrogens (primary N) is 1. The largest absolute Gasteiger partial charge is 0.326 e. The van der Waals surface area contributed by atoms with Crippen LogP contribution >= 0.6 is 0 Å². The van der Waals surface area contributed by atoms with E-state index in [9.17, 15) is 8.42 Å². The number of hydrogen-bond donors (Lipinski definition) is 2. The van der Waals surface area contributed by atoms with Crippen molar-refractivity contribution in [3.05, 3.63) is 35.4 Å². The molecule has 21 heavy (non-hydrogen) atoms. The Morgan fingerprint density at radius 1 is 1.24 bits per heavy atom. The fourth-order valence-electron chi connectivity index (χ4n) is 2.66. The summed E-state index contributed by atoms with van der Waals surface area (Å²) in [6.45, 7) is 2.99. The van der Waals surface area contributed by atoms with Crippen molar-refractivity contribution in [2.75, 3.05) is 26.7 Å². The van der Waals surface area contributed by atoms with Gasteiger partial charge in [0.2, 0.25) is 10.0 Å². The van der Waals surface area contributed by atoms with E-state index in [0.717, 1.165) is 37.1 Å². The molecule has 0 radical (unpaired) electrons. The quantitative estimate of drug-likeness (QED) is 0.819. The Morgan fingerprint density at radius 2 is 1.86 bits per heavy atom. The van der Waals surface area contributed by atoms with E-state index < -0.39 is 10.0 Å². The first kappa shape index (κ1) is 16.4. The normalized spacial score (nSPS) is 18.0. The zero-order valence-electron chi connectivity index (χ0n) is 12.6. The van der Waals surface area contributed by atoms with Gasteiger partial charge in [0.1, 0.15) is 0 Å². The standard InChI is InChI=1S/C15H25N3O2S/c1-18-8-6-13(7-9-18)11-17-21(19,20)12-15-5-3-2-4-14(15)10-16/h2-5,13,17H,6-12,16H2,1H3. The molecule has 0 saturated carbocycles. The van der Waals surface area contributed by atoms with Gasteiger partial charge < -0.3 is 10.6 Å². The number of rotatable bonds is 6. The van der Waals surface area contributed by atoms with Crippen molar-refractivity contribution in [3.8, 4) is 0 Å². The van der Waals surface area contributed by atoms with Gasteiger partial charge in [-0.05, 0) is 50.0 Å². The summed E-state index contributed by atoms with van der Waals surface area (Å²) in [6, 6.07) is 7.43. The SMILES string of the molecule is CN1CCC(CNS(=O)(=O)Cc2ccccc2CN)CC1. The summed E-state index contributed by atoms with van der Waals surface area (Å²) in [5.41, 5.74) is 7.33. The van der Waals surface area contributed by atoms with Gasteiger partial charge in [-0.25, -0.2) is 13.1 Å². The highest BCUT2D eigenvalue weighted by molar-refractivity contribution is 7.88. The zero-order valence-corrected chi connectivity index (χ0v) is 13.4. The molecule has 0 amide bonds. The van der Waals surface area contributed by atoms with Gasteiger partial charge in [-0.15, -0.1) is 0 Å². The molecule has 0 aliphatic carbocycles. The molecule has 0 spiro atoms. The third kappa shape index (κ3) is 5.07. The summed E-state index contributed by atoms with van der Waals surface area (Å²) in [4.78, 5) is 2.28. The highest BCUT2D eigenvalue weighted by Crippen LogP contribution is 2.16. The number of benzene rings is 1. The summed E-state index contributed by atoms with van der Waals surface area (Å²) in [5, 5.41) is 0. The number of piperidine rings is 1. The van der Waals surface area contributed by atoms with Crippen LogP contribution in [0.5, 0.6) is 0 Å². The molecule has 3 N–H and O–H groups in total. The van der Waals surface area contributed by atoms with Crippen molar-refractivity contribution in [3.63, 3.8) is 0 Å². The van der Waals surface area contributed by atoms with Crippen LogP contribution in [0.1, 0.15) is 24.0 Å². The lowest BCUT2D eigenvalue weighted by Gasteiger charge is -2.28. The first-order valence-electron chi connectivity index (χ1n) is 7.43. The number of nitrogens with zero attached hydrogens (tertiary/aromatic N) is 1. The maximum Gasteiger partial charge on any atom is 0.215 e. The van der Waals surface area contributed by atoms with Crippen molar-refractivity contribution in [2.24, 2.45) is 11.7 Å². The molecule has 118 valence electrons. The minimum absolute atomic E-state index is 0.00694. The summed E-state index contributed by atoms with van der Waals surface area (Å²) in [6.07, 6.45) is 2.11. The topological polar surface area (TPSA) is 75.4 Å². The molecule has 1 aliphatic rings. The molecule has 0 aromatic heterocycles. The van der Waals surface area contributed by atoms with Crippen molar-refractivity contribution >= 4 is 10.0 Å². The van der Waals surface area contributed by atoms with Crippen LogP contribution < -0.4 is 10.5 Å². The number of hydrogen-bond acceptors (Lipinski definition) is 4. The van der Waals surface area contributed by atoms with Gasteiger partial charge in [-0.1, -0.05) is 24.3 Å². The second kappa shape index (κ2) is 7.35. The van der Waals surface area contributed by atoms with E-state index >= 15 is 0 Å². The van der Waals surface area contributed by atoms with Gasteiger partial charge in [0.25, 0.3) is 0 Å². The first-order chi connectivity index (χ1) is 10.00. The predicted octanol–water partition coefficient (Wildman–Crippen LogP) is 0.907. The van der Waals surface area contributed by atoms with Crippen LogP contribution in [0.3, 0.4) is 0 Å². The van der Waals surface area contributed by atoms with E-state index in [1.807, 2.05) is 24.3 Å². The molecule has 0 atom stereocenters. The van der Waals surface area contributed by atoms with Crippen molar-refractivity contribution < 1.29 is 8.42 Å². The van der Waals surface area contributed by atoms with Crippen LogP contribution in [-0.2, 0) is 22.3 Å². The number of likely N-dealkylation sites (tertiary alicyclic amines) is 1. The van der Waals surface area contributed by atoms with Gasteiger partial charge in [-0.3, -0.25) is 0 Å². The Bertz CT molecular complexity index is 552. The monoisotopic (exact) mass is 311 g/mol. The van der Waals surface area contributed by atoms with Crippen LogP contribution in [0.25, 0.3) is 0 Å². The maximum absolute atomic E-state index is 12.2. The van der Waals surface area contributed by atoms with Crippen molar-refractivity contribution in [2.45, 2.75) is 25.1 Å². The van der Waals surface area contributed by atoms with Crippen LogP contribution in [0, 0.1) is 5.92 Å². The van der Waals surface area contributed by atoms with E-state index in [-0.39, 0.29) is 5.75 Å². The van der Waals surface area contributed by atoms with Crippen molar-refractivity contribution in [1.29, 1.82) is 0 Å². The van der Waals surface area contributed by atoms with E-state index in [1.54, 1.807) is 0 Å². The Balaban J connectivity index is 1.90. The molecule has 1 heterocycles. The van der Waals surface area contributed by atoms with Gasteiger partial charge in [0.05, 0.1) is 5.75 Å². The second-order valence-corrected chi connectivity index (χ2v) is 7.63. The summed E-state index contributed by atoms with van der Waals surface area (Å²) < 4.78 is 27.2. The highest BCUT2D eigenvalue weighted by atomic mass is 32.2. The molecule has 1 aromatic rings. The zero-order chi connectivity index (χ0) is 15.3. The molecule has 0 bridgehead atoms. The summed E-state index contributed by atoms with van der Waals surface area (Å²) >= 11 is 0. The van der Waals surface area contributed by atoms with Gasteiger partial charge in [0.15, 0.2) is 0 Å². The Morgan fingerprint density at radius 3 is 2.48 bits per heavy atom. The number of sulfonamides is 1. The lowest BCUT2D eigenvalue weighted by molar-refractivity contribution is 0.220. The molecule has 1 fully saturated rings. The molecular weight excluding hydrogens is 286 g/mol. The van der Waals surface area contributed by atoms with E-state index in [4.69, 9.17) is 5.73 Å². The summed E-state index contributed by atoms with van der Waals surface area (Å²) in [5.74, 6) is 0.452. The van der Waals surface area contributed by atoms with E-state index in [0.29, 0.717) is 19.0 Å². The lowest BCUT2D eigenvalue weighted by atomic mass is 9.98. The van der Waals surface area contributed by atoms with Crippen LogP contribution in [0.4, 0.5) is 0 Å². The number of nitrogens with one attached hydrogen (secondary N) is 1. The highest BCUT2D eigenvalue weighted by Gasteiger charge is 2.20. The van der Waals surface area contributed by atoms with Gasteiger partial charge in [-0.2, -0.15) is 0 Å². The minimum atomic E-state index is -3.30. The minimum Gasteiger partial charge on any atom is -0.326 e. The molecular formula is C15H25N3O2S. The van der Waals surface area contributed by atoms with Crippen molar-refractivity contribution in [1.82, 2.24) is 9.62 Å². The average molecular weight is 311 g/mol. The third-order valence-electron chi connectivity index (χ3n) is 4.11. The van der Waals surface area contributed by atoms with Crippen LogP contribution in [0.15, 0.2) is 24.3 Å². The fourth-order valence-corrected chi connectivity index (χ4v) is 3.95. The lowest BCUT2D eigenvalue weighted by Crippen LogP contribution is -2.37. The molecule has 1 saturated heterocycles. The molecule has 5 nitrogen and oxygen atoms in total. The van der Waals surface area contributed by atoms with Crippen LogP contribution in [-0.4, -0.2) is 40.0 Å². The predicted molar refractivity (Wildman–Crippen MR) is 85.2 cm³/mol. The Labute approximate surface area is 127 Å². The van der Waals surface area contributed by atoms with Gasteiger partial charge >= 0.3 is 0 Å². The van der Waals surface area contributed by atoms with Crippen LogP contribution in [0.2, 0.25) is 0 Å². The molecule has 0 unspecified atom stereocenters. The van der Waals surface area contributed by atoms with E-state index in [2.05, 4.69) is 16.7 Å². The first-order valence-corrected chi connectivity index (χ1v) is 9.08.